The maximum Gasteiger partial charge on any atom is 0.244 e. The van der Waals surface area contributed by atoms with Gasteiger partial charge in [0.1, 0.15) is 11.5 Å². The van der Waals surface area contributed by atoms with E-state index >= 15 is 0 Å². The summed E-state index contributed by atoms with van der Waals surface area (Å²) in [6.45, 7) is 2.31. The Bertz CT molecular complexity index is 526. The van der Waals surface area contributed by atoms with E-state index in [0.29, 0.717) is 18.0 Å². The highest BCUT2D eigenvalue weighted by atomic mass is 16.5. The number of benzene rings is 1. The number of hydrogen-bond acceptors (Lipinski definition) is 4. The van der Waals surface area contributed by atoms with Crippen molar-refractivity contribution in [1.29, 1.82) is 0 Å². The topological polar surface area (TPSA) is 76.7 Å². The maximum atomic E-state index is 11.6. The highest BCUT2D eigenvalue weighted by molar-refractivity contribution is 5.94. The third kappa shape index (κ3) is 5.56. The van der Waals surface area contributed by atoms with Crippen molar-refractivity contribution in [2.24, 2.45) is 0 Å². The van der Waals surface area contributed by atoms with E-state index in [1.165, 1.54) is 6.08 Å². The van der Waals surface area contributed by atoms with E-state index < -0.39 is 0 Å². The summed E-state index contributed by atoms with van der Waals surface area (Å²) < 4.78 is 10.3. The fraction of sp³-hybridized carbons (Fsp3) is 0.333. The molecular formula is C15H20N2O4. The first-order valence-corrected chi connectivity index (χ1v) is 6.55. The van der Waals surface area contributed by atoms with Crippen molar-refractivity contribution in [2.75, 3.05) is 27.3 Å². The summed E-state index contributed by atoms with van der Waals surface area (Å²) in [5.74, 6) is 0.701. The zero-order valence-electron chi connectivity index (χ0n) is 12.4. The van der Waals surface area contributed by atoms with Crippen LogP contribution in [0.15, 0.2) is 24.3 Å². The number of carbonyl (C=O) groups is 2. The molecule has 0 aliphatic rings. The molecule has 0 aliphatic carbocycles. The molecule has 1 aromatic rings. The summed E-state index contributed by atoms with van der Waals surface area (Å²) >= 11 is 0. The van der Waals surface area contributed by atoms with Crippen LogP contribution in [0.25, 0.3) is 6.08 Å². The molecule has 0 spiro atoms. The number of rotatable bonds is 7. The van der Waals surface area contributed by atoms with Crippen molar-refractivity contribution in [3.63, 3.8) is 0 Å². The molecule has 0 saturated heterocycles. The van der Waals surface area contributed by atoms with Crippen LogP contribution in [0.2, 0.25) is 0 Å². The molecular weight excluding hydrogens is 272 g/mol. The Morgan fingerprint density at radius 3 is 2.57 bits per heavy atom. The number of hydrogen-bond donors (Lipinski definition) is 2. The average molecular weight is 292 g/mol. The van der Waals surface area contributed by atoms with Crippen molar-refractivity contribution in [1.82, 2.24) is 10.6 Å². The van der Waals surface area contributed by atoms with Crippen molar-refractivity contribution in [3.05, 3.63) is 29.8 Å². The van der Waals surface area contributed by atoms with Crippen LogP contribution in [0.4, 0.5) is 0 Å². The van der Waals surface area contributed by atoms with E-state index in [2.05, 4.69) is 10.6 Å². The van der Waals surface area contributed by atoms with Crippen LogP contribution in [0.1, 0.15) is 12.5 Å². The van der Waals surface area contributed by atoms with Gasteiger partial charge in [0.05, 0.1) is 20.8 Å². The van der Waals surface area contributed by atoms with Gasteiger partial charge in [0.2, 0.25) is 11.8 Å². The standard InChI is InChI=1S/C15H20N2O4/c1-4-16-15(19)10-17-14(18)8-6-11-5-7-12(20-2)9-13(11)21-3/h5-9H,4,10H2,1-3H3,(H,16,19)(H,17,18)/b8-6+. The van der Waals surface area contributed by atoms with E-state index in [1.54, 1.807) is 38.5 Å². The predicted molar refractivity (Wildman–Crippen MR) is 80.3 cm³/mol. The third-order valence-corrected chi connectivity index (χ3v) is 2.65. The molecule has 6 nitrogen and oxygen atoms in total. The molecule has 2 N–H and O–H groups in total. The molecule has 0 aromatic heterocycles. The molecule has 21 heavy (non-hydrogen) atoms. The molecule has 0 unspecified atom stereocenters. The minimum absolute atomic E-state index is 0.0449. The van der Waals surface area contributed by atoms with Gasteiger partial charge in [-0.2, -0.15) is 0 Å². The molecule has 6 heteroatoms. The Morgan fingerprint density at radius 1 is 1.19 bits per heavy atom. The van der Waals surface area contributed by atoms with Crippen molar-refractivity contribution in [2.45, 2.75) is 6.92 Å². The Labute approximate surface area is 124 Å². The fourth-order valence-corrected chi connectivity index (χ4v) is 1.61. The fourth-order valence-electron chi connectivity index (χ4n) is 1.61. The molecule has 0 radical (unpaired) electrons. The minimum Gasteiger partial charge on any atom is -0.497 e. The van der Waals surface area contributed by atoms with E-state index in [9.17, 15) is 9.59 Å². The second-order valence-electron chi connectivity index (χ2n) is 4.11. The summed E-state index contributed by atoms with van der Waals surface area (Å²) in [5.41, 5.74) is 0.742. The lowest BCUT2D eigenvalue weighted by atomic mass is 10.1. The average Bonchev–Trinajstić information content (AvgIpc) is 2.51. The SMILES string of the molecule is CCNC(=O)CNC(=O)/C=C/c1ccc(OC)cc1OC. The van der Waals surface area contributed by atoms with Gasteiger partial charge in [-0.25, -0.2) is 0 Å². The Morgan fingerprint density at radius 2 is 1.95 bits per heavy atom. The lowest BCUT2D eigenvalue weighted by Gasteiger charge is -2.07. The van der Waals surface area contributed by atoms with Crippen LogP contribution in [0.5, 0.6) is 11.5 Å². The van der Waals surface area contributed by atoms with Gasteiger partial charge in [0.25, 0.3) is 0 Å². The van der Waals surface area contributed by atoms with Crippen LogP contribution in [-0.4, -0.2) is 39.1 Å². The molecule has 0 saturated carbocycles. The van der Waals surface area contributed by atoms with Crippen LogP contribution in [-0.2, 0) is 9.59 Å². The first-order chi connectivity index (χ1) is 10.1. The molecule has 0 heterocycles. The molecule has 1 aromatic carbocycles. The molecule has 0 atom stereocenters. The normalized spacial score (nSPS) is 10.2. The summed E-state index contributed by atoms with van der Waals surface area (Å²) in [6, 6.07) is 5.28. The van der Waals surface area contributed by atoms with Crippen LogP contribution in [0.3, 0.4) is 0 Å². The zero-order valence-corrected chi connectivity index (χ0v) is 12.4. The van der Waals surface area contributed by atoms with Crippen molar-refractivity contribution < 1.29 is 19.1 Å². The van der Waals surface area contributed by atoms with Gasteiger partial charge in [-0.1, -0.05) is 0 Å². The first-order valence-electron chi connectivity index (χ1n) is 6.55. The van der Waals surface area contributed by atoms with E-state index in [4.69, 9.17) is 9.47 Å². The number of carbonyl (C=O) groups excluding carboxylic acids is 2. The van der Waals surface area contributed by atoms with Gasteiger partial charge in [-0.15, -0.1) is 0 Å². The van der Waals surface area contributed by atoms with Gasteiger partial charge in [0.15, 0.2) is 0 Å². The van der Waals surface area contributed by atoms with Gasteiger partial charge >= 0.3 is 0 Å². The van der Waals surface area contributed by atoms with Gasteiger partial charge in [-0.3, -0.25) is 9.59 Å². The third-order valence-electron chi connectivity index (χ3n) is 2.65. The minimum atomic E-state index is -0.348. The molecule has 0 fully saturated rings. The van der Waals surface area contributed by atoms with Crippen LogP contribution >= 0.6 is 0 Å². The number of nitrogens with one attached hydrogen (secondary N) is 2. The molecule has 2 amide bonds. The summed E-state index contributed by atoms with van der Waals surface area (Å²) in [4.78, 5) is 22.8. The molecule has 114 valence electrons. The van der Waals surface area contributed by atoms with Crippen LogP contribution in [0, 0.1) is 0 Å². The van der Waals surface area contributed by atoms with Gasteiger partial charge in [-0.05, 0) is 25.1 Å². The van der Waals surface area contributed by atoms with E-state index in [-0.39, 0.29) is 18.4 Å². The summed E-state index contributed by atoms with van der Waals surface area (Å²) in [5, 5.41) is 5.09. The smallest absolute Gasteiger partial charge is 0.244 e. The van der Waals surface area contributed by atoms with Gasteiger partial charge < -0.3 is 20.1 Å². The number of amides is 2. The zero-order chi connectivity index (χ0) is 15.7. The van der Waals surface area contributed by atoms with Gasteiger partial charge in [0, 0.05) is 24.3 Å². The lowest BCUT2D eigenvalue weighted by molar-refractivity contribution is -0.123. The Balaban J connectivity index is 2.63. The predicted octanol–water partition coefficient (Wildman–Crippen LogP) is 0.969. The summed E-state index contributed by atoms with van der Waals surface area (Å²) in [6.07, 6.45) is 2.97. The quantitative estimate of drug-likeness (QED) is 0.734. The molecule has 0 aliphatic heterocycles. The van der Waals surface area contributed by atoms with E-state index in [0.717, 1.165) is 5.56 Å². The first kappa shape index (κ1) is 16.6. The van der Waals surface area contributed by atoms with Crippen molar-refractivity contribution in [3.8, 4) is 11.5 Å². The summed E-state index contributed by atoms with van der Waals surface area (Å²) in [7, 11) is 3.11. The second-order valence-corrected chi connectivity index (χ2v) is 4.11. The largest absolute Gasteiger partial charge is 0.497 e. The monoisotopic (exact) mass is 292 g/mol. The number of likely N-dealkylation sites (N-methyl/N-ethyl adjacent to an activating group) is 1. The molecule has 0 bridgehead atoms. The number of ether oxygens (including phenoxy) is 2. The number of methoxy groups -OCH3 is 2. The van der Waals surface area contributed by atoms with Crippen LogP contribution < -0.4 is 20.1 Å². The Hall–Kier alpha value is -2.50. The Kier molecular flexibility index (Phi) is 6.80. The highest BCUT2D eigenvalue weighted by Gasteiger charge is 2.04. The second kappa shape index (κ2) is 8.63. The van der Waals surface area contributed by atoms with E-state index in [1.807, 2.05) is 6.92 Å². The maximum absolute atomic E-state index is 11.6. The highest BCUT2D eigenvalue weighted by Crippen LogP contribution is 2.25. The lowest BCUT2D eigenvalue weighted by Crippen LogP contribution is -2.35. The van der Waals surface area contributed by atoms with Crippen molar-refractivity contribution >= 4 is 17.9 Å². The molecule has 1 rings (SSSR count).